The van der Waals surface area contributed by atoms with Crippen LogP contribution in [0.25, 0.3) is 0 Å². The topological polar surface area (TPSA) is 30.5 Å². The van der Waals surface area contributed by atoms with Crippen LogP contribution >= 0.6 is 0 Å². The maximum Gasteiger partial charge on any atom is 0.128 e. The molecule has 1 rings (SSSR count). The standard InChI is InChI=1S/C8H13NO2/c1-3-4-11-9-5-8(2)6-10-7-8/h1,9H,4-7H2,2H3. The lowest BCUT2D eigenvalue weighted by Gasteiger charge is -2.37. The number of rotatable bonds is 4. The van der Waals surface area contributed by atoms with Gasteiger partial charge in [-0.2, -0.15) is 0 Å². The van der Waals surface area contributed by atoms with Crippen LogP contribution in [0, 0.1) is 17.8 Å². The monoisotopic (exact) mass is 155 g/mol. The molecule has 1 N–H and O–H groups in total. The predicted molar refractivity (Wildman–Crippen MR) is 41.7 cm³/mol. The Kier molecular flexibility index (Phi) is 2.89. The largest absolute Gasteiger partial charge is 0.380 e. The van der Waals surface area contributed by atoms with Crippen molar-refractivity contribution in [3.63, 3.8) is 0 Å². The zero-order valence-electron chi connectivity index (χ0n) is 6.72. The van der Waals surface area contributed by atoms with Crippen molar-refractivity contribution in [1.82, 2.24) is 5.48 Å². The molecular weight excluding hydrogens is 142 g/mol. The Morgan fingerprint density at radius 1 is 1.73 bits per heavy atom. The van der Waals surface area contributed by atoms with E-state index in [4.69, 9.17) is 16.0 Å². The van der Waals surface area contributed by atoms with Crippen LogP contribution < -0.4 is 5.48 Å². The van der Waals surface area contributed by atoms with E-state index in [2.05, 4.69) is 18.3 Å². The van der Waals surface area contributed by atoms with Gasteiger partial charge in [-0.3, -0.25) is 4.84 Å². The van der Waals surface area contributed by atoms with E-state index >= 15 is 0 Å². The highest BCUT2D eigenvalue weighted by Gasteiger charge is 2.32. The van der Waals surface area contributed by atoms with Crippen LogP contribution in [0.2, 0.25) is 0 Å². The van der Waals surface area contributed by atoms with Crippen molar-refractivity contribution < 1.29 is 9.57 Å². The molecule has 1 heterocycles. The molecule has 1 fully saturated rings. The molecule has 0 aromatic heterocycles. The third kappa shape index (κ3) is 2.51. The van der Waals surface area contributed by atoms with Gasteiger partial charge in [-0.05, 0) is 0 Å². The molecule has 0 saturated carbocycles. The molecule has 0 aromatic rings. The molecular formula is C8H13NO2. The third-order valence-electron chi connectivity index (χ3n) is 1.66. The van der Waals surface area contributed by atoms with Crippen LogP contribution in [0.4, 0.5) is 0 Å². The lowest BCUT2D eigenvalue weighted by molar-refractivity contribution is -0.117. The van der Waals surface area contributed by atoms with E-state index in [0.29, 0.717) is 6.61 Å². The average Bonchev–Trinajstić information content (AvgIpc) is 1.95. The summed E-state index contributed by atoms with van der Waals surface area (Å²) in [5.74, 6) is 2.37. The van der Waals surface area contributed by atoms with Gasteiger partial charge in [-0.15, -0.1) is 6.42 Å². The SMILES string of the molecule is C#CCONCC1(C)COC1. The first kappa shape index (κ1) is 8.54. The summed E-state index contributed by atoms with van der Waals surface area (Å²) < 4.78 is 5.06. The number of hydroxylamine groups is 1. The lowest BCUT2D eigenvalue weighted by Crippen LogP contribution is -2.47. The highest BCUT2D eigenvalue weighted by atomic mass is 16.6. The Morgan fingerprint density at radius 3 is 2.91 bits per heavy atom. The van der Waals surface area contributed by atoms with Gasteiger partial charge in [0.15, 0.2) is 0 Å². The molecule has 0 spiro atoms. The Hall–Kier alpha value is -0.560. The second-order valence-electron chi connectivity index (χ2n) is 3.12. The van der Waals surface area contributed by atoms with Crippen molar-refractivity contribution >= 4 is 0 Å². The van der Waals surface area contributed by atoms with Crippen LogP contribution in [-0.4, -0.2) is 26.4 Å². The normalized spacial score (nSPS) is 20.4. The lowest BCUT2D eigenvalue weighted by atomic mass is 9.89. The van der Waals surface area contributed by atoms with E-state index in [-0.39, 0.29) is 5.41 Å². The molecule has 0 unspecified atom stereocenters. The van der Waals surface area contributed by atoms with Gasteiger partial charge >= 0.3 is 0 Å². The second-order valence-corrected chi connectivity index (χ2v) is 3.12. The molecule has 0 atom stereocenters. The molecule has 3 heteroatoms. The van der Waals surface area contributed by atoms with Crippen molar-refractivity contribution in [2.75, 3.05) is 26.4 Å². The van der Waals surface area contributed by atoms with Gasteiger partial charge in [-0.25, -0.2) is 5.48 Å². The Labute approximate surface area is 67.0 Å². The number of ether oxygens (including phenoxy) is 1. The summed E-state index contributed by atoms with van der Waals surface area (Å²) >= 11 is 0. The summed E-state index contributed by atoms with van der Waals surface area (Å²) in [5, 5.41) is 0. The molecule has 11 heavy (non-hydrogen) atoms. The molecule has 1 saturated heterocycles. The van der Waals surface area contributed by atoms with Gasteiger partial charge in [-0.1, -0.05) is 12.8 Å². The highest BCUT2D eigenvalue weighted by molar-refractivity contribution is 4.84. The molecule has 0 aliphatic carbocycles. The summed E-state index contributed by atoms with van der Waals surface area (Å²) in [6, 6.07) is 0. The summed E-state index contributed by atoms with van der Waals surface area (Å²) in [7, 11) is 0. The van der Waals surface area contributed by atoms with Crippen LogP contribution in [0.15, 0.2) is 0 Å². The van der Waals surface area contributed by atoms with Crippen molar-refractivity contribution in [1.29, 1.82) is 0 Å². The van der Waals surface area contributed by atoms with Gasteiger partial charge in [0.25, 0.3) is 0 Å². The van der Waals surface area contributed by atoms with Crippen molar-refractivity contribution in [2.45, 2.75) is 6.92 Å². The minimum atomic E-state index is 0.245. The fraction of sp³-hybridized carbons (Fsp3) is 0.750. The fourth-order valence-corrected chi connectivity index (χ4v) is 0.871. The first-order valence-electron chi connectivity index (χ1n) is 3.63. The zero-order chi connectivity index (χ0) is 8.16. The van der Waals surface area contributed by atoms with E-state index in [1.165, 1.54) is 0 Å². The number of hydrogen-bond donors (Lipinski definition) is 1. The van der Waals surface area contributed by atoms with Crippen LogP contribution in [0.5, 0.6) is 0 Å². The van der Waals surface area contributed by atoms with Gasteiger partial charge in [0.1, 0.15) is 6.61 Å². The Morgan fingerprint density at radius 2 is 2.45 bits per heavy atom. The Bertz CT molecular complexity index is 158. The minimum absolute atomic E-state index is 0.245. The molecule has 1 aliphatic heterocycles. The maximum atomic E-state index is 5.06. The van der Waals surface area contributed by atoms with Crippen LogP contribution in [-0.2, 0) is 9.57 Å². The van der Waals surface area contributed by atoms with E-state index < -0.39 is 0 Å². The van der Waals surface area contributed by atoms with Crippen LogP contribution in [0.1, 0.15) is 6.92 Å². The average molecular weight is 155 g/mol. The third-order valence-corrected chi connectivity index (χ3v) is 1.66. The molecule has 0 bridgehead atoms. The zero-order valence-corrected chi connectivity index (χ0v) is 6.72. The van der Waals surface area contributed by atoms with E-state index in [9.17, 15) is 0 Å². The number of terminal acetylenes is 1. The maximum absolute atomic E-state index is 5.06. The summed E-state index contributed by atoms with van der Waals surface area (Å²) in [5.41, 5.74) is 3.05. The number of hydrogen-bond acceptors (Lipinski definition) is 3. The van der Waals surface area contributed by atoms with Gasteiger partial charge in [0, 0.05) is 12.0 Å². The van der Waals surface area contributed by atoms with Gasteiger partial charge in [0.2, 0.25) is 0 Å². The first-order chi connectivity index (χ1) is 5.27. The van der Waals surface area contributed by atoms with Crippen molar-refractivity contribution in [2.24, 2.45) is 5.41 Å². The second kappa shape index (κ2) is 3.72. The molecule has 0 aromatic carbocycles. The predicted octanol–water partition coefficient (Wildman–Crippen LogP) is 0.177. The molecule has 3 nitrogen and oxygen atoms in total. The van der Waals surface area contributed by atoms with Crippen LogP contribution in [0.3, 0.4) is 0 Å². The summed E-state index contributed by atoms with van der Waals surface area (Å²) in [4.78, 5) is 4.91. The molecule has 0 radical (unpaired) electrons. The molecule has 1 aliphatic rings. The minimum Gasteiger partial charge on any atom is -0.380 e. The number of nitrogens with one attached hydrogen (secondary N) is 1. The van der Waals surface area contributed by atoms with Gasteiger partial charge < -0.3 is 4.74 Å². The van der Waals surface area contributed by atoms with Gasteiger partial charge in [0.05, 0.1) is 13.2 Å². The quantitative estimate of drug-likeness (QED) is 0.357. The van der Waals surface area contributed by atoms with Crippen molar-refractivity contribution in [3.05, 3.63) is 0 Å². The smallest absolute Gasteiger partial charge is 0.128 e. The fourth-order valence-electron chi connectivity index (χ4n) is 0.871. The van der Waals surface area contributed by atoms with E-state index in [0.717, 1.165) is 19.8 Å². The Balaban J connectivity index is 1.99. The molecule has 62 valence electrons. The highest BCUT2D eigenvalue weighted by Crippen LogP contribution is 2.24. The van der Waals surface area contributed by atoms with E-state index in [1.807, 2.05) is 0 Å². The van der Waals surface area contributed by atoms with Crippen molar-refractivity contribution in [3.8, 4) is 12.3 Å². The van der Waals surface area contributed by atoms with E-state index in [1.54, 1.807) is 0 Å². The summed E-state index contributed by atoms with van der Waals surface area (Å²) in [6.45, 7) is 4.87. The first-order valence-corrected chi connectivity index (χ1v) is 3.63. The molecule has 0 amide bonds. The summed E-state index contributed by atoms with van der Waals surface area (Å²) in [6.07, 6.45) is 4.99.